The maximum Gasteiger partial charge on any atom is 0.269 e. The van der Waals surface area contributed by atoms with Gasteiger partial charge >= 0.3 is 0 Å². The average molecular weight is 240 g/mol. The SMILES string of the molecule is CNCC(O)C(O)c1cc([N+](=O)[O-])ccc1C. The Kier molecular flexibility index (Phi) is 4.56. The molecule has 1 rings (SSSR count). The number of rotatable bonds is 5. The quantitative estimate of drug-likeness (QED) is 0.515. The highest BCUT2D eigenvalue weighted by molar-refractivity contribution is 5.40. The molecule has 0 aromatic heterocycles. The van der Waals surface area contributed by atoms with Gasteiger partial charge < -0.3 is 15.5 Å². The molecule has 6 nitrogen and oxygen atoms in total. The van der Waals surface area contributed by atoms with E-state index >= 15 is 0 Å². The Morgan fingerprint density at radius 1 is 1.47 bits per heavy atom. The Morgan fingerprint density at radius 3 is 2.65 bits per heavy atom. The van der Waals surface area contributed by atoms with Crippen molar-refractivity contribution in [3.8, 4) is 0 Å². The number of aliphatic hydroxyl groups excluding tert-OH is 2. The molecule has 1 aromatic carbocycles. The zero-order valence-electron chi connectivity index (χ0n) is 9.75. The predicted octanol–water partition coefficient (Wildman–Crippen LogP) is 0.517. The summed E-state index contributed by atoms with van der Waals surface area (Å²) in [5.41, 5.74) is 0.988. The second kappa shape index (κ2) is 5.72. The largest absolute Gasteiger partial charge is 0.389 e. The lowest BCUT2D eigenvalue weighted by Crippen LogP contribution is -2.30. The van der Waals surface area contributed by atoms with E-state index in [1.54, 1.807) is 20.0 Å². The van der Waals surface area contributed by atoms with Crippen LogP contribution < -0.4 is 5.32 Å². The minimum absolute atomic E-state index is 0.0960. The summed E-state index contributed by atoms with van der Waals surface area (Å²) in [4.78, 5) is 10.1. The zero-order chi connectivity index (χ0) is 13.0. The molecule has 0 saturated carbocycles. The van der Waals surface area contributed by atoms with Crippen molar-refractivity contribution in [1.29, 1.82) is 0 Å². The third-order valence-electron chi connectivity index (χ3n) is 2.57. The number of hydrogen-bond acceptors (Lipinski definition) is 5. The van der Waals surface area contributed by atoms with E-state index in [0.717, 1.165) is 0 Å². The molecule has 0 spiro atoms. The van der Waals surface area contributed by atoms with E-state index in [1.165, 1.54) is 12.1 Å². The van der Waals surface area contributed by atoms with E-state index in [9.17, 15) is 20.3 Å². The first-order chi connectivity index (χ1) is 7.97. The summed E-state index contributed by atoms with van der Waals surface area (Å²) in [5, 5.41) is 32.9. The van der Waals surface area contributed by atoms with Gasteiger partial charge in [-0.3, -0.25) is 10.1 Å². The number of aliphatic hydroxyl groups is 2. The molecule has 2 atom stereocenters. The van der Waals surface area contributed by atoms with Gasteiger partial charge in [-0.2, -0.15) is 0 Å². The number of nitro benzene ring substituents is 1. The van der Waals surface area contributed by atoms with E-state index in [2.05, 4.69) is 5.32 Å². The summed E-state index contributed by atoms with van der Waals surface area (Å²) < 4.78 is 0. The molecule has 2 unspecified atom stereocenters. The average Bonchev–Trinajstić information content (AvgIpc) is 2.28. The Balaban J connectivity index is 3.03. The number of non-ortho nitro benzene ring substituents is 1. The molecule has 17 heavy (non-hydrogen) atoms. The zero-order valence-corrected chi connectivity index (χ0v) is 9.75. The van der Waals surface area contributed by atoms with Gasteiger partial charge in [-0.25, -0.2) is 0 Å². The molecule has 94 valence electrons. The van der Waals surface area contributed by atoms with Crippen LogP contribution in [0.2, 0.25) is 0 Å². The van der Waals surface area contributed by atoms with E-state index in [-0.39, 0.29) is 12.2 Å². The van der Waals surface area contributed by atoms with Crippen LogP contribution in [0.4, 0.5) is 5.69 Å². The molecule has 0 heterocycles. The number of nitro groups is 1. The number of benzene rings is 1. The molecular formula is C11H16N2O4. The first-order valence-electron chi connectivity index (χ1n) is 5.23. The number of nitrogens with one attached hydrogen (secondary N) is 1. The molecular weight excluding hydrogens is 224 g/mol. The second-order valence-corrected chi connectivity index (χ2v) is 3.87. The van der Waals surface area contributed by atoms with Crippen LogP contribution in [0.5, 0.6) is 0 Å². The fourth-order valence-electron chi connectivity index (χ4n) is 1.59. The summed E-state index contributed by atoms with van der Waals surface area (Å²) >= 11 is 0. The topological polar surface area (TPSA) is 95.6 Å². The minimum Gasteiger partial charge on any atom is -0.389 e. The van der Waals surface area contributed by atoms with Crippen LogP contribution in [-0.2, 0) is 0 Å². The first kappa shape index (κ1) is 13.6. The molecule has 0 amide bonds. The molecule has 3 N–H and O–H groups in total. The summed E-state index contributed by atoms with van der Waals surface area (Å²) in [6.45, 7) is 1.94. The van der Waals surface area contributed by atoms with Gasteiger partial charge in [-0.15, -0.1) is 0 Å². The van der Waals surface area contributed by atoms with Crippen molar-refractivity contribution < 1.29 is 15.1 Å². The van der Waals surface area contributed by atoms with Crippen molar-refractivity contribution in [2.45, 2.75) is 19.1 Å². The lowest BCUT2D eigenvalue weighted by atomic mass is 9.99. The van der Waals surface area contributed by atoms with Crippen LogP contribution in [0.15, 0.2) is 18.2 Å². The molecule has 1 aromatic rings. The summed E-state index contributed by atoms with van der Waals surface area (Å²) in [7, 11) is 1.65. The van der Waals surface area contributed by atoms with Gasteiger partial charge in [0.2, 0.25) is 0 Å². The Morgan fingerprint density at radius 2 is 2.12 bits per heavy atom. The number of hydrogen-bond donors (Lipinski definition) is 3. The van der Waals surface area contributed by atoms with Crippen molar-refractivity contribution >= 4 is 5.69 Å². The van der Waals surface area contributed by atoms with Crippen LogP contribution in [0.25, 0.3) is 0 Å². The fraction of sp³-hybridized carbons (Fsp3) is 0.455. The van der Waals surface area contributed by atoms with Crippen LogP contribution in [0, 0.1) is 17.0 Å². The standard InChI is InChI=1S/C11H16N2O4/c1-7-3-4-8(13(16)17)5-9(7)11(15)10(14)6-12-2/h3-5,10-12,14-15H,6H2,1-2H3. The van der Waals surface area contributed by atoms with Gasteiger partial charge in [0.05, 0.1) is 11.0 Å². The van der Waals surface area contributed by atoms with Gasteiger partial charge in [-0.1, -0.05) is 6.07 Å². The van der Waals surface area contributed by atoms with Crippen molar-refractivity contribution in [2.24, 2.45) is 0 Å². The molecule has 6 heteroatoms. The Bertz CT molecular complexity index is 408. The molecule has 0 aliphatic carbocycles. The lowest BCUT2D eigenvalue weighted by molar-refractivity contribution is -0.385. The van der Waals surface area contributed by atoms with Crippen molar-refractivity contribution in [1.82, 2.24) is 5.32 Å². The third kappa shape index (κ3) is 3.23. The Labute approximate surface area is 99.0 Å². The highest BCUT2D eigenvalue weighted by Crippen LogP contribution is 2.25. The fourth-order valence-corrected chi connectivity index (χ4v) is 1.59. The summed E-state index contributed by atoms with van der Waals surface area (Å²) in [5.74, 6) is 0. The van der Waals surface area contributed by atoms with Gasteiger partial charge in [0.25, 0.3) is 5.69 Å². The Hall–Kier alpha value is -1.50. The maximum atomic E-state index is 10.6. The van der Waals surface area contributed by atoms with E-state index in [0.29, 0.717) is 11.1 Å². The van der Waals surface area contributed by atoms with Crippen molar-refractivity contribution in [2.75, 3.05) is 13.6 Å². The van der Waals surface area contributed by atoms with Crippen LogP contribution in [0.1, 0.15) is 17.2 Å². The molecule has 0 saturated heterocycles. The second-order valence-electron chi connectivity index (χ2n) is 3.87. The normalized spacial score (nSPS) is 14.4. The van der Waals surface area contributed by atoms with E-state index in [4.69, 9.17) is 0 Å². The minimum atomic E-state index is -1.14. The van der Waals surface area contributed by atoms with Gasteiger partial charge in [0.1, 0.15) is 6.10 Å². The number of nitrogens with zero attached hydrogens (tertiary/aromatic N) is 1. The maximum absolute atomic E-state index is 10.6. The highest BCUT2D eigenvalue weighted by Gasteiger charge is 2.21. The smallest absolute Gasteiger partial charge is 0.269 e. The van der Waals surface area contributed by atoms with Gasteiger partial charge in [0, 0.05) is 18.7 Å². The summed E-state index contributed by atoms with van der Waals surface area (Å²) in [6.07, 6.45) is -2.14. The molecule has 0 bridgehead atoms. The lowest BCUT2D eigenvalue weighted by Gasteiger charge is -2.19. The van der Waals surface area contributed by atoms with Gasteiger partial charge in [-0.05, 0) is 25.1 Å². The third-order valence-corrected chi connectivity index (χ3v) is 2.57. The number of aryl methyl sites for hydroxylation is 1. The van der Waals surface area contributed by atoms with Crippen LogP contribution in [0.3, 0.4) is 0 Å². The van der Waals surface area contributed by atoms with Crippen LogP contribution >= 0.6 is 0 Å². The van der Waals surface area contributed by atoms with E-state index < -0.39 is 17.1 Å². The molecule has 0 aliphatic heterocycles. The summed E-state index contributed by atoms with van der Waals surface area (Å²) in [6, 6.07) is 4.22. The monoisotopic (exact) mass is 240 g/mol. The van der Waals surface area contributed by atoms with Gasteiger partial charge in [0.15, 0.2) is 0 Å². The van der Waals surface area contributed by atoms with Crippen molar-refractivity contribution in [3.05, 3.63) is 39.4 Å². The van der Waals surface area contributed by atoms with E-state index in [1.807, 2.05) is 0 Å². The predicted molar refractivity (Wildman–Crippen MR) is 62.7 cm³/mol. The first-order valence-corrected chi connectivity index (χ1v) is 5.23. The van der Waals surface area contributed by atoms with Crippen LogP contribution in [-0.4, -0.2) is 34.8 Å². The number of likely N-dealkylation sites (N-methyl/N-ethyl adjacent to an activating group) is 1. The van der Waals surface area contributed by atoms with Crippen molar-refractivity contribution in [3.63, 3.8) is 0 Å². The highest BCUT2D eigenvalue weighted by atomic mass is 16.6. The molecule has 0 aliphatic rings. The molecule has 0 fully saturated rings. The molecule has 0 radical (unpaired) electrons.